The van der Waals surface area contributed by atoms with Gasteiger partial charge in [-0.3, -0.25) is 0 Å². The van der Waals surface area contributed by atoms with Gasteiger partial charge in [0, 0.05) is 32.5 Å². The van der Waals surface area contributed by atoms with Crippen molar-refractivity contribution < 1.29 is 44.0 Å². The average Bonchev–Trinajstić information content (AvgIpc) is 2.93. The van der Waals surface area contributed by atoms with Gasteiger partial charge in [-0.25, -0.2) is 4.79 Å². The highest BCUT2D eigenvalue weighted by atomic mass is 16.6. The van der Waals surface area contributed by atoms with Gasteiger partial charge < -0.3 is 39.2 Å². The Morgan fingerprint density at radius 2 is 1.38 bits per heavy atom. The number of aliphatic hydroxyl groups is 1. The number of nitrogens with one attached hydrogen (secondary N) is 1. The predicted octanol–water partition coefficient (Wildman–Crippen LogP) is 0.565. The van der Waals surface area contributed by atoms with Gasteiger partial charge in [-0.1, -0.05) is 60.7 Å². The molecule has 0 aromatic heterocycles. The first-order chi connectivity index (χ1) is 17.9. The van der Waals surface area contributed by atoms with Gasteiger partial charge in [0.05, 0.1) is 31.8 Å². The van der Waals surface area contributed by atoms with Crippen molar-refractivity contribution in [1.82, 2.24) is 0 Å². The normalized spacial score (nSPS) is 21.0. The van der Waals surface area contributed by atoms with Gasteiger partial charge in [0.15, 0.2) is 12.3 Å². The third-order valence-corrected chi connectivity index (χ3v) is 6.61. The van der Waals surface area contributed by atoms with Crippen LogP contribution in [0.2, 0.25) is 0 Å². The highest BCUT2D eigenvalue weighted by Crippen LogP contribution is 2.28. The van der Waals surface area contributed by atoms with E-state index in [-0.39, 0.29) is 18.3 Å². The number of piperidine rings is 1. The second-order valence-electron chi connectivity index (χ2n) is 9.32. The fourth-order valence-electron chi connectivity index (χ4n) is 4.61. The Morgan fingerprint density at radius 3 is 1.86 bits per heavy atom. The fraction of sp³-hybridized carbons (Fsp3) is 0.500. The van der Waals surface area contributed by atoms with Crippen LogP contribution in [0.3, 0.4) is 0 Å². The molecule has 2 aromatic rings. The van der Waals surface area contributed by atoms with Crippen LogP contribution >= 0.6 is 0 Å². The summed E-state index contributed by atoms with van der Waals surface area (Å²) in [6, 6.07) is 21.0. The van der Waals surface area contributed by atoms with Crippen molar-refractivity contribution in [3.8, 4) is 0 Å². The van der Waals surface area contributed by atoms with E-state index in [1.807, 2.05) is 12.1 Å². The van der Waals surface area contributed by atoms with Crippen molar-refractivity contribution in [2.75, 3.05) is 32.8 Å². The number of rotatable bonds is 9. The van der Waals surface area contributed by atoms with Crippen molar-refractivity contribution in [2.24, 2.45) is 0 Å². The standard InChI is InChI=1S/C26H35NO4.C2H2O4/c28-25(30-24-14-19-29-20-15-24)13-18-27-16-11-23(12-17-27)31-26(21-7-3-1-4-8-21)22-9-5-2-6-10-22;3-1(4)2(5)6/h1-10,23-26,28H,11-20H2;(H,3,4)(H,5,6). The first-order valence-corrected chi connectivity index (χ1v) is 12.9. The Bertz CT molecular complexity index is 876. The average molecular weight is 516 g/mol. The lowest BCUT2D eigenvalue weighted by Gasteiger charge is -2.33. The third-order valence-electron chi connectivity index (χ3n) is 6.61. The minimum Gasteiger partial charge on any atom is -0.539 e. The van der Waals surface area contributed by atoms with Crippen LogP contribution in [0.1, 0.15) is 49.3 Å². The number of carboxylic acid groups (broad SMARTS) is 2. The van der Waals surface area contributed by atoms with Gasteiger partial charge in [-0.15, -0.1) is 0 Å². The van der Waals surface area contributed by atoms with Gasteiger partial charge in [-0.2, -0.15) is 0 Å². The molecule has 2 aromatic carbocycles. The largest absolute Gasteiger partial charge is 0.539 e. The van der Waals surface area contributed by atoms with Crippen LogP contribution in [0.25, 0.3) is 0 Å². The number of carbonyl (C=O) groups is 2. The van der Waals surface area contributed by atoms with Gasteiger partial charge in [-0.05, 0) is 24.0 Å². The first-order valence-electron chi connectivity index (χ1n) is 12.9. The molecule has 0 bridgehead atoms. The number of quaternary nitrogens is 1. The fourth-order valence-corrected chi connectivity index (χ4v) is 4.61. The molecule has 9 nitrogen and oxygen atoms in total. The van der Waals surface area contributed by atoms with Crippen LogP contribution in [0.4, 0.5) is 0 Å². The molecule has 2 aliphatic rings. The zero-order valence-electron chi connectivity index (χ0n) is 21.0. The summed E-state index contributed by atoms with van der Waals surface area (Å²) >= 11 is 0. The van der Waals surface area contributed by atoms with Gasteiger partial charge in [0.1, 0.15) is 6.10 Å². The van der Waals surface area contributed by atoms with E-state index >= 15 is 0 Å². The molecule has 3 N–H and O–H groups in total. The molecule has 0 spiro atoms. The number of benzene rings is 2. The number of hydrogen-bond donors (Lipinski definition) is 3. The van der Waals surface area contributed by atoms with Crippen LogP contribution in [0, 0.1) is 0 Å². The van der Waals surface area contributed by atoms with Crippen LogP contribution in [0.5, 0.6) is 0 Å². The van der Waals surface area contributed by atoms with Gasteiger partial charge >= 0.3 is 5.97 Å². The second-order valence-corrected chi connectivity index (χ2v) is 9.32. The quantitative estimate of drug-likeness (QED) is 0.326. The summed E-state index contributed by atoms with van der Waals surface area (Å²) < 4.78 is 17.8. The molecule has 0 radical (unpaired) electrons. The molecule has 9 heteroatoms. The highest BCUT2D eigenvalue weighted by molar-refractivity contribution is 6.26. The number of ether oxygens (including phenoxy) is 3. The van der Waals surface area contributed by atoms with Crippen LogP contribution in [-0.4, -0.2) is 73.5 Å². The maximum Gasteiger partial charge on any atom is 0.351 e. The molecule has 2 aliphatic heterocycles. The summed E-state index contributed by atoms with van der Waals surface area (Å²) in [6.07, 6.45) is 4.27. The predicted molar refractivity (Wildman–Crippen MR) is 133 cm³/mol. The maximum absolute atomic E-state index is 10.3. The SMILES string of the molecule is O=C([O-])C(=O)O.OC(CC[NH+]1CCC(OC(c2ccccc2)c2ccccc2)CC1)OC1CCOCC1. The number of aliphatic hydroxyl groups excluding tert-OH is 1. The van der Waals surface area contributed by atoms with E-state index in [1.54, 1.807) is 0 Å². The molecule has 1 atom stereocenters. The molecule has 2 heterocycles. The van der Waals surface area contributed by atoms with Crippen molar-refractivity contribution in [1.29, 1.82) is 0 Å². The third kappa shape index (κ3) is 10.2. The number of aliphatic carboxylic acids is 2. The lowest BCUT2D eigenvalue weighted by atomic mass is 10.00. The Labute approximate surface area is 217 Å². The maximum atomic E-state index is 10.3. The molecule has 2 fully saturated rings. The molecule has 1 unspecified atom stereocenters. The van der Waals surface area contributed by atoms with Gasteiger partial charge in [0.25, 0.3) is 0 Å². The van der Waals surface area contributed by atoms with E-state index < -0.39 is 18.2 Å². The summed E-state index contributed by atoms with van der Waals surface area (Å²) in [7, 11) is 0. The first kappa shape index (κ1) is 28.7. The lowest BCUT2D eigenvalue weighted by Crippen LogP contribution is -3.13. The monoisotopic (exact) mass is 515 g/mol. The summed E-state index contributed by atoms with van der Waals surface area (Å²) in [6.45, 7) is 4.57. The van der Waals surface area contributed by atoms with E-state index in [0.717, 1.165) is 58.5 Å². The number of likely N-dealkylation sites (tertiary alicyclic amines) is 1. The van der Waals surface area contributed by atoms with Gasteiger partial charge in [0.2, 0.25) is 0 Å². The topological polar surface area (TPSA) is 130 Å². The van der Waals surface area contributed by atoms with Crippen molar-refractivity contribution in [3.05, 3.63) is 71.8 Å². The number of hydrogen-bond acceptors (Lipinski definition) is 7. The number of carboxylic acids is 2. The summed E-state index contributed by atoms with van der Waals surface area (Å²) in [5, 5.41) is 26.6. The Kier molecular flexibility index (Phi) is 12.0. The zero-order valence-corrected chi connectivity index (χ0v) is 21.0. The minimum absolute atomic E-state index is 0.0244. The lowest BCUT2D eigenvalue weighted by molar-refractivity contribution is -0.907. The van der Waals surface area contributed by atoms with Crippen LogP contribution < -0.4 is 10.0 Å². The molecule has 0 aliphatic carbocycles. The number of carbonyl (C=O) groups excluding carboxylic acids is 1. The van der Waals surface area contributed by atoms with E-state index in [4.69, 9.17) is 34.0 Å². The molecule has 0 saturated carbocycles. The van der Waals surface area contributed by atoms with Crippen LogP contribution in [-0.2, 0) is 23.8 Å². The van der Waals surface area contributed by atoms with E-state index in [9.17, 15) is 5.11 Å². The van der Waals surface area contributed by atoms with Crippen molar-refractivity contribution in [3.63, 3.8) is 0 Å². The molecular weight excluding hydrogens is 478 g/mol. The Hall–Kier alpha value is -2.82. The molecule has 202 valence electrons. The molecule has 4 rings (SSSR count). The van der Waals surface area contributed by atoms with Crippen LogP contribution in [0.15, 0.2) is 60.7 Å². The highest BCUT2D eigenvalue weighted by Gasteiger charge is 2.27. The minimum atomic E-state index is -2.07. The zero-order chi connectivity index (χ0) is 26.5. The van der Waals surface area contributed by atoms with E-state index in [0.29, 0.717) is 6.42 Å². The Balaban J connectivity index is 0.000000568. The van der Waals surface area contributed by atoms with E-state index in [2.05, 4.69) is 48.5 Å². The second kappa shape index (κ2) is 15.4. The smallest absolute Gasteiger partial charge is 0.351 e. The summed E-state index contributed by atoms with van der Waals surface area (Å²) in [5.41, 5.74) is 2.41. The molecular formula is C28H37NO8. The summed E-state index contributed by atoms with van der Waals surface area (Å²) in [5.74, 6) is -4.01. The molecule has 2 saturated heterocycles. The van der Waals surface area contributed by atoms with Crippen molar-refractivity contribution in [2.45, 2.75) is 56.7 Å². The Morgan fingerprint density at radius 1 is 0.892 bits per heavy atom. The van der Waals surface area contributed by atoms with Crippen molar-refractivity contribution >= 4 is 11.9 Å². The summed E-state index contributed by atoms with van der Waals surface area (Å²) in [4.78, 5) is 19.6. The molecule has 37 heavy (non-hydrogen) atoms. The van der Waals surface area contributed by atoms with E-state index in [1.165, 1.54) is 16.0 Å². The molecule has 0 amide bonds.